The minimum Gasteiger partial charge on any atom is -0.496 e. The molecule has 3 nitrogen and oxygen atoms in total. The Hall–Kier alpha value is -3.27. The quantitative estimate of drug-likeness (QED) is 0.590. The molecule has 0 spiro atoms. The van der Waals surface area contributed by atoms with Gasteiger partial charge in [-0.15, -0.1) is 0 Å². The summed E-state index contributed by atoms with van der Waals surface area (Å²) in [6.07, 6.45) is 3.39. The Balaban J connectivity index is 1.66. The van der Waals surface area contributed by atoms with Crippen molar-refractivity contribution in [2.24, 2.45) is 0 Å². The van der Waals surface area contributed by atoms with Crippen LogP contribution in [0, 0.1) is 5.82 Å². The molecule has 0 aliphatic carbocycles. The van der Waals surface area contributed by atoms with Gasteiger partial charge in [0, 0.05) is 11.1 Å². The molecule has 4 rings (SSSR count). The highest BCUT2D eigenvalue weighted by Gasteiger charge is 2.17. The van der Waals surface area contributed by atoms with Gasteiger partial charge in [0.25, 0.3) is 6.29 Å². The van der Waals surface area contributed by atoms with E-state index in [-0.39, 0.29) is 5.82 Å². The van der Waals surface area contributed by atoms with E-state index in [1.807, 2.05) is 48.5 Å². The Morgan fingerprint density at radius 2 is 1.63 bits per heavy atom. The SMILES string of the molecule is COc1ccc(Cc2ccc(F)cc2)cc1-c1cccc(C2OC=CO2)c1. The maximum atomic E-state index is 13.1. The topological polar surface area (TPSA) is 27.7 Å². The zero-order chi connectivity index (χ0) is 18.6. The fourth-order valence-corrected chi connectivity index (χ4v) is 3.18. The van der Waals surface area contributed by atoms with Gasteiger partial charge in [-0.3, -0.25) is 0 Å². The summed E-state index contributed by atoms with van der Waals surface area (Å²) >= 11 is 0. The zero-order valence-electron chi connectivity index (χ0n) is 14.9. The molecule has 0 aromatic heterocycles. The van der Waals surface area contributed by atoms with Crippen molar-refractivity contribution in [2.45, 2.75) is 12.7 Å². The van der Waals surface area contributed by atoms with E-state index >= 15 is 0 Å². The minimum atomic E-state index is -0.418. The standard InChI is InChI=1S/C23H19FO3/c1-25-22-10-7-17(13-16-5-8-20(24)9-6-16)14-21(22)18-3-2-4-19(15-18)23-26-11-12-27-23/h2-12,14-15,23H,13H2,1H3. The van der Waals surface area contributed by atoms with Crippen molar-refractivity contribution >= 4 is 0 Å². The van der Waals surface area contributed by atoms with Gasteiger partial charge in [-0.05, 0) is 53.4 Å². The van der Waals surface area contributed by atoms with Gasteiger partial charge in [0.05, 0.1) is 7.11 Å². The van der Waals surface area contributed by atoms with Crippen molar-refractivity contribution < 1.29 is 18.6 Å². The van der Waals surface area contributed by atoms with Gasteiger partial charge in [-0.1, -0.05) is 36.4 Å². The van der Waals surface area contributed by atoms with E-state index in [2.05, 4.69) is 6.07 Å². The lowest BCUT2D eigenvalue weighted by atomic mass is 9.97. The van der Waals surface area contributed by atoms with Crippen LogP contribution in [0.15, 0.2) is 79.3 Å². The van der Waals surface area contributed by atoms with E-state index in [1.165, 1.54) is 12.1 Å². The van der Waals surface area contributed by atoms with E-state index in [4.69, 9.17) is 14.2 Å². The van der Waals surface area contributed by atoms with E-state index in [0.717, 1.165) is 40.0 Å². The molecule has 0 atom stereocenters. The Morgan fingerprint density at radius 1 is 0.889 bits per heavy atom. The number of hydrogen-bond donors (Lipinski definition) is 0. The Bertz CT molecular complexity index is 956. The smallest absolute Gasteiger partial charge is 0.266 e. The molecule has 27 heavy (non-hydrogen) atoms. The summed E-state index contributed by atoms with van der Waals surface area (Å²) in [5, 5.41) is 0. The number of benzene rings is 3. The lowest BCUT2D eigenvalue weighted by Crippen LogP contribution is -1.98. The third kappa shape index (κ3) is 3.80. The highest BCUT2D eigenvalue weighted by Crippen LogP contribution is 2.34. The van der Waals surface area contributed by atoms with Crippen LogP contribution in [0.25, 0.3) is 11.1 Å². The Kier molecular flexibility index (Phi) is 4.79. The normalized spacial score (nSPS) is 13.3. The lowest BCUT2D eigenvalue weighted by Gasteiger charge is -2.14. The third-order valence-electron chi connectivity index (χ3n) is 4.52. The van der Waals surface area contributed by atoms with Crippen LogP contribution in [0.1, 0.15) is 23.0 Å². The molecule has 3 aromatic carbocycles. The van der Waals surface area contributed by atoms with Crippen molar-refractivity contribution in [1.29, 1.82) is 0 Å². The molecule has 4 heteroatoms. The number of hydrogen-bond acceptors (Lipinski definition) is 3. The molecule has 0 N–H and O–H groups in total. The lowest BCUT2D eigenvalue weighted by molar-refractivity contribution is -0.0245. The van der Waals surface area contributed by atoms with Crippen LogP contribution in [-0.4, -0.2) is 7.11 Å². The van der Waals surface area contributed by atoms with Crippen LogP contribution in [0.2, 0.25) is 0 Å². The molecule has 0 saturated carbocycles. The first-order valence-electron chi connectivity index (χ1n) is 8.70. The predicted octanol–water partition coefficient (Wildman–Crippen LogP) is 5.61. The zero-order valence-corrected chi connectivity index (χ0v) is 14.9. The number of methoxy groups -OCH3 is 1. The molecule has 136 valence electrons. The van der Waals surface area contributed by atoms with Crippen LogP contribution in [-0.2, 0) is 15.9 Å². The molecule has 0 fully saturated rings. The summed E-state index contributed by atoms with van der Waals surface area (Å²) in [6, 6.07) is 20.7. The highest BCUT2D eigenvalue weighted by atomic mass is 19.1. The predicted molar refractivity (Wildman–Crippen MR) is 102 cm³/mol. The summed E-state index contributed by atoms with van der Waals surface area (Å²) in [7, 11) is 1.66. The fourth-order valence-electron chi connectivity index (χ4n) is 3.18. The monoisotopic (exact) mass is 362 g/mol. The number of rotatable bonds is 5. The van der Waals surface area contributed by atoms with Crippen LogP contribution >= 0.6 is 0 Å². The summed E-state index contributed by atoms with van der Waals surface area (Å²) in [4.78, 5) is 0. The van der Waals surface area contributed by atoms with Crippen molar-refractivity contribution in [3.05, 3.63) is 102 Å². The molecular formula is C23H19FO3. The van der Waals surface area contributed by atoms with Gasteiger partial charge in [0.15, 0.2) is 0 Å². The summed E-state index contributed by atoms with van der Waals surface area (Å²) < 4.78 is 29.6. The van der Waals surface area contributed by atoms with Crippen molar-refractivity contribution in [3.8, 4) is 16.9 Å². The summed E-state index contributed by atoms with van der Waals surface area (Å²) in [5.41, 5.74) is 5.12. The first kappa shape index (κ1) is 17.2. The molecule has 0 saturated heterocycles. The van der Waals surface area contributed by atoms with E-state index < -0.39 is 6.29 Å². The van der Waals surface area contributed by atoms with Crippen LogP contribution in [0.4, 0.5) is 4.39 Å². The Morgan fingerprint density at radius 3 is 2.37 bits per heavy atom. The second-order valence-corrected chi connectivity index (χ2v) is 6.34. The number of ether oxygens (including phenoxy) is 3. The first-order valence-corrected chi connectivity index (χ1v) is 8.70. The molecule has 1 aliphatic rings. The third-order valence-corrected chi connectivity index (χ3v) is 4.52. The van der Waals surface area contributed by atoms with Crippen molar-refractivity contribution in [3.63, 3.8) is 0 Å². The summed E-state index contributed by atoms with van der Waals surface area (Å²) in [5.74, 6) is 0.568. The maximum absolute atomic E-state index is 13.1. The van der Waals surface area contributed by atoms with E-state index in [0.29, 0.717) is 0 Å². The van der Waals surface area contributed by atoms with E-state index in [9.17, 15) is 4.39 Å². The molecule has 0 amide bonds. The van der Waals surface area contributed by atoms with E-state index in [1.54, 1.807) is 19.6 Å². The second kappa shape index (κ2) is 7.54. The van der Waals surface area contributed by atoms with Gasteiger partial charge in [-0.2, -0.15) is 0 Å². The van der Waals surface area contributed by atoms with Gasteiger partial charge in [-0.25, -0.2) is 4.39 Å². The molecule has 0 bridgehead atoms. The van der Waals surface area contributed by atoms with Crippen LogP contribution < -0.4 is 4.74 Å². The second-order valence-electron chi connectivity index (χ2n) is 6.34. The molecule has 1 aliphatic heterocycles. The van der Waals surface area contributed by atoms with Gasteiger partial charge in [0.2, 0.25) is 0 Å². The van der Waals surface area contributed by atoms with Gasteiger partial charge in [0.1, 0.15) is 24.1 Å². The van der Waals surface area contributed by atoms with Crippen molar-refractivity contribution in [1.82, 2.24) is 0 Å². The minimum absolute atomic E-state index is 0.225. The average Bonchev–Trinajstić information content (AvgIpc) is 3.25. The molecule has 3 aromatic rings. The molecule has 0 unspecified atom stereocenters. The first-order chi connectivity index (χ1) is 13.2. The van der Waals surface area contributed by atoms with Crippen LogP contribution in [0.5, 0.6) is 5.75 Å². The maximum Gasteiger partial charge on any atom is 0.266 e. The summed E-state index contributed by atoms with van der Waals surface area (Å²) in [6.45, 7) is 0. The highest BCUT2D eigenvalue weighted by molar-refractivity contribution is 5.72. The Labute approximate surface area is 157 Å². The molecule has 0 radical (unpaired) electrons. The molecular weight excluding hydrogens is 343 g/mol. The fraction of sp³-hybridized carbons (Fsp3) is 0.130. The van der Waals surface area contributed by atoms with Gasteiger partial charge < -0.3 is 14.2 Å². The van der Waals surface area contributed by atoms with Gasteiger partial charge >= 0.3 is 0 Å². The molecule has 1 heterocycles. The van der Waals surface area contributed by atoms with Crippen LogP contribution in [0.3, 0.4) is 0 Å². The number of halogens is 1. The largest absolute Gasteiger partial charge is 0.496 e. The average molecular weight is 362 g/mol. The van der Waals surface area contributed by atoms with Crippen molar-refractivity contribution in [2.75, 3.05) is 7.11 Å².